The maximum absolute atomic E-state index is 13.4. The van der Waals surface area contributed by atoms with Crippen LogP contribution in [-0.2, 0) is 24.9 Å². The first-order valence-corrected chi connectivity index (χ1v) is 28.1. The second-order valence-electron chi connectivity index (χ2n) is 19.9. The van der Waals surface area contributed by atoms with Crippen LogP contribution in [0.5, 0.6) is 0 Å². The van der Waals surface area contributed by atoms with Crippen LogP contribution in [0.25, 0.3) is 33.3 Å². The van der Waals surface area contributed by atoms with Gasteiger partial charge in [-0.05, 0) is 113 Å². The van der Waals surface area contributed by atoms with Crippen molar-refractivity contribution < 1.29 is 30.0 Å². The molecule has 54 heavy (non-hydrogen) atoms. The van der Waals surface area contributed by atoms with Crippen LogP contribution in [0.3, 0.4) is 0 Å². The molecule has 0 saturated heterocycles. The molecule has 8 fully saturated rings. The number of hydrogen-bond acceptors (Lipinski definition) is 3. The smallest absolute Gasteiger partial charge is 0.165 e. The zero-order chi connectivity index (χ0) is 36.7. The van der Waals surface area contributed by atoms with Gasteiger partial charge in [0, 0.05) is 37.0 Å². The van der Waals surface area contributed by atoms with Gasteiger partial charge >= 0.3 is 171 Å². The van der Waals surface area contributed by atoms with Crippen LogP contribution >= 0.6 is 0 Å². The molecule has 1 radical (unpaired) electrons. The Bertz CT molecular complexity index is 2000. The Morgan fingerprint density at radius 1 is 0.741 bits per heavy atom. The van der Waals surface area contributed by atoms with E-state index in [-0.39, 0.29) is 30.9 Å². The van der Waals surface area contributed by atoms with Gasteiger partial charge < -0.3 is 5.11 Å². The summed E-state index contributed by atoms with van der Waals surface area (Å²) in [6, 6.07) is 27.6. The summed E-state index contributed by atoms with van der Waals surface area (Å²) in [6.07, 6.45) is 16.8. The maximum atomic E-state index is 13.4. The number of carbonyl (C=O) groups is 1. The summed E-state index contributed by atoms with van der Waals surface area (Å²) in [7, 11) is 0. The fraction of sp³-hybridized carbons (Fsp3) is 0.510. The van der Waals surface area contributed by atoms with Gasteiger partial charge in [0.15, 0.2) is 5.78 Å². The van der Waals surface area contributed by atoms with E-state index in [1.54, 1.807) is 6.08 Å². The topological polar surface area (TPSA) is 50.2 Å². The number of allylic oxidation sites excluding steroid dienone is 2. The summed E-state index contributed by atoms with van der Waals surface area (Å²) in [6.45, 7) is 4.23. The fourth-order valence-electron chi connectivity index (χ4n) is 13.0. The van der Waals surface area contributed by atoms with E-state index in [0.29, 0.717) is 11.5 Å². The number of nitrogens with zero attached hydrogens (tertiary/aromatic N) is 1. The predicted octanol–water partition coefficient (Wildman–Crippen LogP) is 12.0. The number of aliphatic hydroxyl groups is 1. The quantitative estimate of drug-likeness (QED) is 0.0907. The Morgan fingerprint density at radius 2 is 1.28 bits per heavy atom. The van der Waals surface area contributed by atoms with Crippen molar-refractivity contribution in [2.45, 2.75) is 108 Å². The van der Waals surface area contributed by atoms with E-state index in [0.717, 1.165) is 96.4 Å². The molecule has 3 nitrogen and oxygen atoms in total. The van der Waals surface area contributed by atoms with Gasteiger partial charge in [0.1, 0.15) is 5.76 Å². The molecule has 0 atom stereocenters. The largest absolute Gasteiger partial charge is 0.512 e. The molecule has 8 bridgehead atoms. The summed E-state index contributed by atoms with van der Waals surface area (Å²) in [4.78, 5) is 18.4. The molecule has 0 unspecified atom stereocenters. The second kappa shape index (κ2) is 14.4. The molecule has 1 aromatic heterocycles. The van der Waals surface area contributed by atoms with Crippen LogP contribution < -0.4 is 4.40 Å². The monoisotopic (exact) mass is 959 g/mol. The van der Waals surface area contributed by atoms with Gasteiger partial charge in [-0.3, -0.25) is 4.79 Å². The first-order valence-electron chi connectivity index (χ1n) is 20.8. The molecule has 12 rings (SSSR count). The molecular weight excluding hydrogens is 899 g/mol. The minimum atomic E-state index is -1.93. The Balaban J connectivity index is 0.000000151. The summed E-state index contributed by atoms with van der Waals surface area (Å²) >= 11 is -1.93. The van der Waals surface area contributed by atoms with Crippen LogP contribution in [0.1, 0.15) is 88.2 Å². The first-order chi connectivity index (χ1) is 25.3. The van der Waals surface area contributed by atoms with Crippen molar-refractivity contribution in [3.8, 4) is 22.4 Å². The number of fused-ring (bicyclic) bond motifs is 1. The van der Waals surface area contributed by atoms with Crippen molar-refractivity contribution in [3.63, 3.8) is 0 Å². The number of hydrogen-bond donors (Lipinski definition) is 1. The number of aryl methyl sites for hydroxylation is 2. The summed E-state index contributed by atoms with van der Waals surface area (Å²) in [5.74, 6) is 13.0. The van der Waals surface area contributed by atoms with Gasteiger partial charge in [-0.15, -0.1) is 0 Å². The van der Waals surface area contributed by atoms with Crippen LogP contribution in [0.4, 0.5) is 0 Å². The van der Waals surface area contributed by atoms with E-state index >= 15 is 0 Å². The van der Waals surface area contributed by atoms with E-state index in [4.69, 9.17) is 4.98 Å². The number of carbonyl (C=O) groups excluding carboxylic acids is 1. The molecular formula is C49H58GeIrNO2-. The number of rotatable bonds is 6. The van der Waals surface area contributed by atoms with E-state index in [1.807, 2.05) is 0 Å². The number of ketones is 1. The van der Waals surface area contributed by atoms with E-state index in [2.05, 4.69) is 104 Å². The van der Waals surface area contributed by atoms with Gasteiger partial charge in [0.25, 0.3) is 0 Å². The maximum Gasteiger partial charge on any atom is 0.165 e. The molecule has 1 N–H and O–H groups in total. The Hall–Kier alpha value is -2.53. The van der Waals surface area contributed by atoms with E-state index < -0.39 is 13.3 Å². The third-order valence-corrected chi connectivity index (χ3v) is 18.9. The molecule has 0 spiro atoms. The van der Waals surface area contributed by atoms with Gasteiger partial charge in [0.05, 0.1) is 0 Å². The van der Waals surface area contributed by atoms with E-state index in [9.17, 15) is 9.90 Å². The number of benzene rings is 3. The number of aliphatic hydroxyl groups excluding tert-OH is 1. The molecule has 3 aromatic carbocycles. The minimum Gasteiger partial charge on any atom is -0.512 e. The molecule has 4 aromatic rings. The Labute approximate surface area is 339 Å². The molecule has 5 heteroatoms. The van der Waals surface area contributed by atoms with Crippen LogP contribution in [0.2, 0.25) is 17.3 Å². The standard InChI is InChI=1S/C26H26GeN.C23H32O2.Ir/c1-18-13-19(2)15-21(14-18)26-17-23(20-9-7-6-8-10-20)24-16-22(27(3,4)5)11-12-25(24)28-26;24-20(22-8-14-1-15(9-22)3-16(2-14)10-22)7-21(25)23-11-17-4-18(12-23)6-19(5-17)13-23;/h6-14,16-17H,1-5H3;7,14-19,24H,1-6,8-13H2;/q-1;;/b;20-7-;. The van der Waals surface area contributed by atoms with Gasteiger partial charge in [0.2, 0.25) is 0 Å². The van der Waals surface area contributed by atoms with Gasteiger partial charge in [-0.25, -0.2) is 0 Å². The zero-order valence-corrected chi connectivity index (χ0v) is 37.5. The Kier molecular flexibility index (Phi) is 10.3. The summed E-state index contributed by atoms with van der Waals surface area (Å²) in [5, 5.41) is 12.4. The van der Waals surface area contributed by atoms with Crippen molar-refractivity contribution in [3.05, 3.63) is 95.8 Å². The van der Waals surface area contributed by atoms with Crippen molar-refractivity contribution in [1.82, 2.24) is 4.98 Å². The molecule has 0 aliphatic heterocycles. The van der Waals surface area contributed by atoms with Crippen molar-refractivity contribution in [2.75, 3.05) is 0 Å². The van der Waals surface area contributed by atoms with Gasteiger partial charge in [-0.1, -0.05) is 0 Å². The average Bonchev–Trinajstić information content (AvgIpc) is 3.09. The van der Waals surface area contributed by atoms with Crippen LogP contribution in [0, 0.1) is 66.3 Å². The molecule has 8 saturated carbocycles. The molecule has 0 amide bonds. The average molecular weight is 958 g/mol. The molecule has 8 aliphatic carbocycles. The van der Waals surface area contributed by atoms with Crippen LogP contribution in [0.15, 0.2) is 78.6 Å². The second-order valence-corrected chi connectivity index (χ2v) is 30.6. The SMILES string of the molecule is Cc1[c-]c(-c2cc(-c3ccccc3)c3c[c]([Ge]([CH3])([CH3])[CH3])ccc3n2)cc(C)c1.O=C(/C=C(\O)C12CC3CC(CC(C3)C1)C2)C12CC3CC(CC(C3)C1)C2.[Ir]. The van der Waals surface area contributed by atoms with Gasteiger partial charge in [-0.2, -0.15) is 0 Å². The Morgan fingerprint density at radius 3 is 1.80 bits per heavy atom. The molecule has 8 aliphatic rings. The number of pyridine rings is 1. The molecule has 285 valence electrons. The fourth-order valence-corrected chi connectivity index (χ4v) is 15.4. The summed E-state index contributed by atoms with van der Waals surface area (Å²) < 4.78 is 1.51. The first kappa shape index (κ1) is 38.4. The predicted molar refractivity (Wildman–Crippen MR) is 221 cm³/mol. The van der Waals surface area contributed by atoms with Crippen molar-refractivity contribution >= 4 is 34.3 Å². The van der Waals surface area contributed by atoms with Crippen molar-refractivity contribution in [1.29, 1.82) is 0 Å². The molecule has 1 heterocycles. The minimum absolute atomic E-state index is 0. The van der Waals surface area contributed by atoms with E-state index in [1.165, 1.54) is 65.0 Å². The van der Waals surface area contributed by atoms with Crippen molar-refractivity contribution in [2.24, 2.45) is 46.3 Å². The number of aromatic nitrogens is 1. The zero-order valence-electron chi connectivity index (χ0n) is 33.0. The van der Waals surface area contributed by atoms with Crippen LogP contribution in [-0.4, -0.2) is 29.1 Å². The summed E-state index contributed by atoms with van der Waals surface area (Å²) in [5.41, 5.74) is 7.87. The normalized spacial score (nSPS) is 31.9. The third-order valence-electron chi connectivity index (χ3n) is 14.6. The third kappa shape index (κ3) is 7.27.